The molecule has 0 unspecified atom stereocenters. The van der Waals surface area contributed by atoms with Crippen LogP contribution in [0.4, 0.5) is 14.5 Å². The minimum Gasteiger partial charge on any atom is -0.478 e. The van der Waals surface area contributed by atoms with E-state index in [4.69, 9.17) is 11.6 Å². The first-order valence-electron chi connectivity index (χ1n) is 12.5. The van der Waals surface area contributed by atoms with E-state index in [1.807, 2.05) is 6.07 Å². The van der Waals surface area contributed by atoms with Crippen molar-refractivity contribution in [1.82, 2.24) is 9.55 Å². The zero-order chi connectivity index (χ0) is 27.7. The van der Waals surface area contributed by atoms with Gasteiger partial charge in [-0.05, 0) is 61.2 Å². The highest BCUT2D eigenvalue weighted by Crippen LogP contribution is 2.39. The van der Waals surface area contributed by atoms with E-state index >= 15 is 0 Å². The van der Waals surface area contributed by atoms with Crippen LogP contribution in [0.25, 0.3) is 22.4 Å². The Hall–Kier alpha value is -4.29. The summed E-state index contributed by atoms with van der Waals surface area (Å²) in [4.78, 5) is 30.1. The molecule has 1 atom stereocenters. The number of nitrogens with one attached hydrogen (secondary N) is 1. The summed E-state index contributed by atoms with van der Waals surface area (Å²) >= 11 is 6.09. The third kappa shape index (κ3) is 5.20. The lowest BCUT2D eigenvalue weighted by Crippen LogP contribution is -2.33. The Morgan fingerprint density at radius 3 is 2.41 bits per heavy atom. The number of nitrogens with zero attached hydrogens (tertiary/aromatic N) is 3. The number of carboxylic acid groups (broad SMARTS) is 1. The number of rotatable bonds is 6. The zero-order valence-electron chi connectivity index (χ0n) is 20.6. The lowest BCUT2D eigenvalue weighted by molar-refractivity contribution is -0.121. The Labute approximate surface area is 227 Å². The Morgan fingerprint density at radius 1 is 1.05 bits per heavy atom. The van der Waals surface area contributed by atoms with Gasteiger partial charge >= 0.3 is 5.97 Å². The van der Waals surface area contributed by atoms with Gasteiger partial charge in [0.2, 0.25) is 5.91 Å². The third-order valence-electron chi connectivity index (χ3n) is 7.12. The molecule has 198 valence electrons. The average Bonchev–Trinajstić information content (AvgIpc) is 3.27. The summed E-state index contributed by atoms with van der Waals surface area (Å²) in [5.41, 5.74) is 1.05. The minimum absolute atomic E-state index is 0.0954. The highest BCUT2D eigenvalue weighted by Gasteiger charge is 2.35. The summed E-state index contributed by atoms with van der Waals surface area (Å²) < 4.78 is 30.4. The molecule has 0 radical (unpaired) electrons. The first-order chi connectivity index (χ1) is 18.8. The Bertz CT molecular complexity index is 1620. The molecule has 4 aromatic rings. The number of fused-ring (bicyclic) bond motifs is 1. The second-order valence-corrected chi connectivity index (χ2v) is 10.0. The van der Waals surface area contributed by atoms with Gasteiger partial charge in [0.1, 0.15) is 17.9 Å². The molecule has 1 aromatic heterocycles. The Balaban J connectivity index is 1.66. The molecule has 1 aliphatic carbocycles. The maximum absolute atomic E-state index is 14.5. The van der Waals surface area contributed by atoms with Gasteiger partial charge in [-0.25, -0.2) is 18.6 Å². The zero-order valence-corrected chi connectivity index (χ0v) is 21.4. The van der Waals surface area contributed by atoms with Gasteiger partial charge in [0.25, 0.3) is 0 Å². The smallest absolute Gasteiger partial charge is 0.337 e. The van der Waals surface area contributed by atoms with E-state index in [9.17, 15) is 28.7 Å². The Morgan fingerprint density at radius 2 is 1.74 bits per heavy atom. The number of carboxylic acids is 1. The van der Waals surface area contributed by atoms with Crippen LogP contribution in [-0.2, 0) is 4.79 Å². The maximum Gasteiger partial charge on any atom is 0.337 e. The van der Waals surface area contributed by atoms with Crippen molar-refractivity contribution in [3.05, 3.63) is 82.4 Å². The largest absolute Gasteiger partial charge is 0.478 e. The molecular formula is C29H23ClF2N4O3. The van der Waals surface area contributed by atoms with Gasteiger partial charge in [-0.3, -0.25) is 4.79 Å². The molecule has 0 bridgehead atoms. The lowest BCUT2D eigenvalue weighted by atomic mass is 9.83. The highest BCUT2D eigenvalue weighted by atomic mass is 35.5. The SMILES string of the molecule is N#Cc1cc(NC(=O)[C@H](C2CCCCC2)n2c(-c3ccc(Cl)cc3)nc3cc(F)c(F)cc32)ccc1C(=O)O. The molecule has 10 heteroatoms. The number of amides is 1. The van der Waals surface area contributed by atoms with E-state index < -0.39 is 29.6 Å². The number of nitriles is 1. The molecule has 3 aromatic carbocycles. The number of aromatic nitrogens is 2. The molecule has 39 heavy (non-hydrogen) atoms. The van der Waals surface area contributed by atoms with Crippen LogP contribution in [-0.4, -0.2) is 26.5 Å². The van der Waals surface area contributed by atoms with E-state index in [0.29, 0.717) is 16.4 Å². The number of hydrogen-bond acceptors (Lipinski definition) is 4. The minimum atomic E-state index is -1.25. The van der Waals surface area contributed by atoms with Crippen LogP contribution < -0.4 is 5.32 Å². The number of halogens is 3. The van der Waals surface area contributed by atoms with Gasteiger partial charge in [-0.15, -0.1) is 0 Å². The standard InChI is InChI=1S/C29H23ClF2N4O3/c30-19-8-6-17(7-9-19)27-35-24-13-22(31)23(32)14-25(24)36(27)26(16-4-2-1-3-5-16)28(37)34-20-10-11-21(29(38)39)18(12-20)15-33/h6-14,16,26H,1-5H2,(H,34,37)(H,38,39)/t26-/m0/s1. The number of carbonyl (C=O) groups excluding carboxylic acids is 1. The van der Waals surface area contributed by atoms with E-state index in [2.05, 4.69) is 10.3 Å². The predicted molar refractivity (Wildman–Crippen MR) is 142 cm³/mol. The predicted octanol–water partition coefficient (Wildman–Crippen LogP) is 6.96. The molecular weight excluding hydrogens is 526 g/mol. The molecule has 7 nitrogen and oxygen atoms in total. The molecule has 0 saturated heterocycles. The quantitative estimate of drug-likeness (QED) is 0.270. The molecule has 1 aliphatic rings. The summed E-state index contributed by atoms with van der Waals surface area (Å²) in [6, 6.07) is 13.8. The third-order valence-corrected chi connectivity index (χ3v) is 7.37. The second kappa shape index (κ2) is 10.8. The summed E-state index contributed by atoms with van der Waals surface area (Å²) in [5, 5.41) is 22.1. The monoisotopic (exact) mass is 548 g/mol. The first kappa shape index (κ1) is 26.3. The molecule has 1 amide bonds. The molecule has 1 heterocycles. The van der Waals surface area contributed by atoms with Crippen molar-refractivity contribution in [2.75, 3.05) is 5.32 Å². The van der Waals surface area contributed by atoms with Crippen molar-refractivity contribution in [2.24, 2.45) is 5.92 Å². The fourth-order valence-electron chi connectivity index (χ4n) is 5.28. The van der Waals surface area contributed by atoms with Crippen LogP contribution in [0.5, 0.6) is 0 Å². The number of carbonyl (C=O) groups is 2. The number of hydrogen-bond donors (Lipinski definition) is 2. The lowest BCUT2D eigenvalue weighted by Gasteiger charge is -2.32. The summed E-state index contributed by atoms with van der Waals surface area (Å²) in [6.45, 7) is 0. The van der Waals surface area contributed by atoms with Crippen LogP contribution >= 0.6 is 11.6 Å². The van der Waals surface area contributed by atoms with Crippen LogP contribution in [0.2, 0.25) is 5.02 Å². The van der Waals surface area contributed by atoms with E-state index in [1.165, 1.54) is 18.2 Å². The number of benzene rings is 3. The van der Waals surface area contributed by atoms with Gasteiger partial charge in [-0.1, -0.05) is 30.9 Å². The van der Waals surface area contributed by atoms with Crippen LogP contribution in [0.1, 0.15) is 54.1 Å². The van der Waals surface area contributed by atoms with Crippen molar-refractivity contribution in [3.8, 4) is 17.5 Å². The summed E-state index contributed by atoms with van der Waals surface area (Å²) in [6.07, 6.45) is 4.33. The van der Waals surface area contributed by atoms with Crippen molar-refractivity contribution in [1.29, 1.82) is 5.26 Å². The van der Waals surface area contributed by atoms with Gasteiger partial charge in [0.05, 0.1) is 22.2 Å². The average molecular weight is 549 g/mol. The van der Waals surface area contributed by atoms with Gasteiger partial charge < -0.3 is 15.0 Å². The van der Waals surface area contributed by atoms with E-state index in [0.717, 1.165) is 44.2 Å². The first-order valence-corrected chi connectivity index (χ1v) is 12.9. The van der Waals surface area contributed by atoms with Gasteiger partial charge in [-0.2, -0.15) is 5.26 Å². The number of imidazole rings is 1. The molecule has 5 rings (SSSR count). The van der Waals surface area contributed by atoms with Gasteiger partial charge in [0, 0.05) is 28.4 Å². The maximum atomic E-state index is 14.5. The summed E-state index contributed by atoms with van der Waals surface area (Å²) in [5.74, 6) is -3.57. The molecule has 0 aliphatic heterocycles. The van der Waals surface area contributed by atoms with Crippen molar-refractivity contribution < 1.29 is 23.5 Å². The fourth-order valence-corrected chi connectivity index (χ4v) is 5.41. The second-order valence-electron chi connectivity index (χ2n) is 9.58. The number of anilines is 1. The van der Waals surface area contributed by atoms with Crippen LogP contribution in [0, 0.1) is 28.9 Å². The molecule has 2 N–H and O–H groups in total. The normalized spacial score (nSPS) is 14.6. The summed E-state index contributed by atoms with van der Waals surface area (Å²) in [7, 11) is 0. The number of aromatic carboxylic acids is 1. The Kier molecular flexibility index (Phi) is 7.31. The van der Waals surface area contributed by atoms with E-state index in [1.54, 1.807) is 28.8 Å². The topological polar surface area (TPSA) is 108 Å². The fraction of sp³-hybridized carbons (Fsp3) is 0.241. The van der Waals surface area contributed by atoms with Crippen LogP contribution in [0.15, 0.2) is 54.6 Å². The highest BCUT2D eigenvalue weighted by molar-refractivity contribution is 6.30. The molecule has 0 spiro atoms. The van der Waals surface area contributed by atoms with Gasteiger partial charge in [0.15, 0.2) is 11.6 Å². The van der Waals surface area contributed by atoms with Crippen molar-refractivity contribution in [3.63, 3.8) is 0 Å². The van der Waals surface area contributed by atoms with Crippen molar-refractivity contribution >= 4 is 40.2 Å². The van der Waals surface area contributed by atoms with E-state index in [-0.39, 0.29) is 33.8 Å². The molecule has 1 fully saturated rings. The molecule has 1 saturated carbocycles. The van der Waals surface area contributed by atoms with Crippen molar-refractivity contribution in [2.45, 2.75) is 38.1 Å². The van der Waals surface area contributed by atoms with Crippen LogP contribution in [0.3, 0.4) is 0 Å².